The minimum Gasteiger partial charge on any atom is -0.460 e. The van der Waals surface area contributed by atoms with E-state index >= 15 is 0 Å². The number of benzene rings is 2. The van der Waals surface area contributed by atoms with E-state index in [0.29, 0.717) is 10.6 Å². The SMILES string of the molecule is CC(C)CC(C(=O)NN1C(=O)C(=O)N(Cc2ccccc2)C1=O)[C@@H](C/C=C\c1ccccc1)C(=O)OC(C)(C)C. The van der Waals surface area contributed by atoms with Gasteiger partial charge in [-0.15, -0.1) is 0 Å². The molecule has 2 atom stereocenters. The first-order chi connectivity index (χ1) is 18.9. The molecule has 3 rings (SSSR count). The number of hydrogen-bond donors (Lipinski definition) is 1. The molecule has 5 amide bonds. The summed E-state index contributed by atoms with van der Waals surface area (Å²) in [6.45, 7) is 8.93. The largest absolute Gasteiger partial charge is 0.460 e. The fourth-order valence-corrected chi connectivity index (χ4v) is 4.38. The number of allylic oxidation sites excluding steroid dienone is 1. The van der Waals surface area contributed by atoms with Crippen LogP contribution in [0.1, 0.15) is 58.6 Å². The van der Waals surface area contributed by atoms with Gasteiger partial charge >= 0.3 is 23.8 Å². The molecule has 212 valence electrons. The van der Waals surface area contributed by atoms with E-state index < -0.39 is 47.2 Å². The molecule has 1 aliphatic rings. The second kappa shape index (κ2) is 13.2. The number of imide groups is 2. The summed E-state index contributed by atoms with van der Waals surface area (Å²) >= 11 is 0. The summed E-state index contributed by atoms with van der Waals surface area (Å²) in [6.07, 6.45) is 4.14. The summed E-state index contributed by atoms with van der Waals surface area (Å²) in [6, 6.07) is 17.3. The molecule has 2 aromatic rings. The van der Waals surface area contributed by atoms with E-state index in [0.717, 1.165) is 10.5 Å². The van der Waals surface area contributed by atoms with Gasteiger partial charge in [0.25, 0.3) is 0 Å². The number of esters is 1. The Morgan fingerprint density at radius 3 is 2.08 bits per heavy atom. The van der Waals surface area contributed by atoms with Crippen LogP contribution in [0.2, 0.25) is 0 Å². The average Bonchev–Trinajstić information content (AvgIpc) is 3.08. The Morgan fingerprint density at radius 1 is 0.900 bits per heavy atom. The fraction of sp³-hybridized carbons (Fsp3) is 0.387. The van der Waals surface area contributed by atoms with Gasteiger partial charge in [0.1, 0.15) is 5.60 Å². The molecule has 0 saturated carbocycles. The summed E-state index contributed by atoms with van der Waals surface area (Å²) in [5, 5.41) is 0.437. The summed E-state index contributed by atoms with van der Waals surface area (Å²) in [5.74, 6) is -5.31. The van der Waals surface area contributed by atoms with Crippen molar-refractivity contribution in [3.8, 4) is 0 Å². The Hall–Kier alpha value is -4.27. The first-order valence-electron chi connectivity index (χ1n) is 13.4. The fourth-order valence-electron chi connectivity index (χ4n) is 4.38. The molecule has 0 spiro atoms. The maximum Gasteiger partial charge on any atom is 0.353 e. The number of nitrogens with one attached hydrogen (secondary N) is 1. The molecule has 0 bridgehead atoms. The quantitative estimate of drug-likeness (QED) is 0.247. The molecule has 0 aliphatic carbocycles. The first-order valence-corrected chi connectivity index (χ1v) is 13.4. The highest BCUT2D eigenvalue weighted by Crippen LogP contribution is 2.28. The van der Waals surface area contributed by atoms with Crippen LogP contribution in [0.15, 0.2) is 66.7 Å². The molecule has 1 aliphatic heterocycles. The van der Waals surface area contributed by atoms with Crippen LogP contribution in [-0.2, 0) is 30.5 Å². The molecule has 9 heteroatoms. The van der Waals surface area contributed by atoms with Gasteiger partial charge in [-0.05, 0) is 50.7 Å². The van der Waals surface area contributed by atoms with Crippen molar-refractivity contribution in [2.24, 2.45) is 17.8 Å². The molecule has 1 saturated heterocycles. The predicted molar refractivity (Wildman–Crippen MR) is 150 cm³/mol. The normalized spacial score (nSPS) is 15.6. The van der Waals surface area contributed by atoms with Crippen molar-refractivity contribution in [1.82, 2.24) is 15.3 Å². The zero-order valence-corrected chi connectivity index (χ0v) is 23.6. The van der Waals surface area contributed by atoms with Crippen molar-refractivity contribution in [2.75, 3.05) is 0 Å². The van der Waals surface area contributed by atoms with Crippen LogP contribution in [0.5, 0.6) is 0 Å². The number of ether oxygens (including phenoxy) is 1. The molecule has 9 nitrogen and oxygen atoms in total. The Balaban J connectivity index is 1.85. The zero-order valence-electron chi connectivity index (χ0n) is 23.6. The van der Waals surface area contributed by atoms with E-state index in [2.05, 4.69) is 5.43 Å². The monoisotopic (exact) mass is 547 g/mol. The minimum atomic E-state index is -1.16. The number of nitrogens with zero attached hydrogens (tertiary/aromatic N) is 2. The van der Waals surface area contributed by atoms with Gasteiger partial charge < -0.3 is 4.74 Å². The topological polar surface area (TPSA) is 113 Å². The maximum atomic E-state index is 13.6. The summed E-state index contributed by atoms with van der Waals surface area (Å²) in [7, 11) is 0. The lowest BCUT2D eigenvalue weighted by atomic mass is 9.82. The molecule has 40 heavy (non-hydrogen) atoms. The number of hydrazine groups is 1. The second-order valence-corrected chi connectivity index (χ2v) is 11.2. The van der Waals surface area contributed by atoms with Gasteiger partial charge in [-0.1, -0.05) is 86.7 Å². The van der Waals surface area contributed by atoms with Crippen molar-refractivity contribution >= 4 is 35.8 Å². The lowest BCUT2D eigenvalue weighted by Crippen LogP contribution is -2.51. The van der Waals surface area contributed by atoms with E-state index in [1.807, 2.05) is 56.3 Å². The smallest absolute Gasteiger partial charge is 0.353 e. The van der Waals surface area contributed by atoms with E-state index in [4.69, 9.17) is 4.74 Å². The van der Waals surface area contributed by atoms with Crippen LogP contribution < -0.4 is 5.43 Å². The van der Waals surface area contributed by atoms with E-state index in [1.165, 1.54) is 0 Å². The van der Waals surface area contributed by atoms with Crippen molar-refractivity contribution < 1.29 is 28.7 Å². The van der Waals surface area contributed by atoms with Crippen LogP contribution >= 0.6 is 0 Å². The molecular formula is C31H37N3O6. The third-order valence-corrected chi connectivity index (χ3v) is 6.22. The van der Waals surface area contributed by atoms with Gasteiger partial charge in [0, 0.05) is 0 Å². The molecule has 0 aromatic heterocycles. The molecule has 0 radical (unpaired) electrons. The second-order valence-electron chi connectivity index (χ2n) is 11.2. The summed E-state index contributed by atoms with van der Waals surface area (Å²) in [4.78, 5) is 66.1. The van der Waals surface area contributed by atoms with Crippen LogP contribution in [0.25, 0.3) is 6.08 Å². The van der Waals surface area contributed by atoms with Gasteiger partial charge in [-0.25, -0.2) is 9.69 Å². The lowest BCUT2D eigenvalue weighted by Gasteiger charge is -2.30. The Labute approximate surface area is 235 Å². The predicted octanol–water partition coefficient (Wildman–Crippen LogP) is 4.73. The minimum absolute atomic E-state index is 0.0000168. The van der Waals surface area contributed by atoms with E-state index in [9.17, 15) is 24.0 Å². The van der Waals surface area contributed by atoms with Crippen LogP contribution in [0.3, 0.4) is 0 Å². The highest BCUT2D eigenvalue weighted by Gasteiger charge is 2.47. The van der Waals surface area contributed by atoms with Gasteiger partial charge in [0.2, 0.25) is 5.91 Å². The van der Waals surface area contributed by atoms with Crippen molar-refractivity contribution in [3.05, 3.63) is 77.9 Å². The Kier molecular flexibility index (Phi) is 9.98. The standard InChI is InChI=1S/C31H37N3O6/c1-21(2)19-25(24(29(38)40-31(3,4)5)18-12-17-22-13-8-6-9-14-22)26(35)32-34-28(37)27(36)33(30(34)39)20-23-15-10-7-11-16-23/h6-17,21,24-25H,18-20H2,1-5H3,(H,32,35)/b17-12-/t24-,25?/m1/s1. The summed E-state index contributed by atoms with van der Waals surface area (Å²) in [5.41, 5.74) is 3.13. The highest BCUT2D eigenvalue weighted by molar-refractivity contribution is 6.44. The number of urea groups is 1. The lowest BCUT2D eigenvalue weighted by molar-refractivity contribution is -0.164. The van der Waals surface area contributed by atoms with Crippen molar-refractivity contribution in [3.63, 3.8) is 0 Å². The maximum absolute atomic E-state index is 13.6. The molecule has 1 fully saturated rings. The van der Waals surface area contributed by atoms with Gasteiger partial charge in [-0.2, -0.15) is 5.01 Å². The molecule has 1 N–H and O–H groups in total. The first kappa shape index (κ1) is 30.3. The number of rotatable bonds is 11. The highest BCUT2D eigenvalue weighted by atomic mass is 16.6. The zero-order chi connectivity index (χ0) is 29.4. The average molecular weight is 548 g/mol. The molecule has 2 aromatic carbocycles. The van der Waals surface area contributed by atoms with E-state index in [-0.39, 0.29) is 25.3 Å². The van der Waals surface area contributed by atoms with E-state index in [1.54, 1.807) is 51.1 Å². The number of carbonyl (C=O) groups is 5. The number of amides is 5. The van der Waals surface area contributed by atoms with Crippen molar-refractivity contribution in [2.45, 2.75) is 59.6 Å². The Morgan fingerprint density at radius 2 is 1.50 bits per heavy atom. The molecular weight excluding hydrogens is 510 g/mol. The molecule has 1 heterocycles. The third kappa shape index (κ3) is 8.11. The third-order valence-electron chi connectivity index (χ3n) is 6.22. The molecule has 1 unspecified atom stereocenters. The number of hydrogen-bond acceptors (Lipinski definition) is 6. The van der Waals surface area contributed by atoms with Gasteiger partial charge in [-0.3, -0.25) is 24.6 Å². The Bertz CT molecular complexity index is 1250. The van der Waals surface area contributed by atoms with Crippen LogP contribution in [0.4, 0.5) is 4.79 Å². The van der Waals surface area contributed by atoms with Gasteiger partial charge in [0.15, 0.2) is 0 Å². The van der Waals surface area contributed by atoms with Gasteiger partial charge in [0.05, 0.1) is 18.4 Å². The number of carbonyl (C=O) groups excluding carboxylic acids is 5. The van der Waals surface area contributed by atoms with Crippen LogP contribution in [-0.4, -0.2) is 45.2 Å². The summed E-state index contributed by atoms with van der Waals surface area (Å²) < 4.78 is 5.67. The van der Waals surface area contributed by atoms with Crippen LogP contribution in [0, 0.1) is 17.8 Å². The van der Waals surface area contributed by atoms with Crippen molar-refractivity contribution in [1.29, 1.82) is 0 Å².